The van der Waals surface area contributed by atoms with E-state index in [0.29, 0.717) is 0 Å². The Bertz CT molecular complexity index is 364. The molecule has 0 spiro atoms. The molecule has 0 bridgehead atoms. The van der Waals surface area contributed by atoms with Crippen molar-refractivity contribution in [2.24, 2.45) is 4.74 Å². The highest BCUT2D eigenvalue weighted by molar-refractivity contribution is 7.56. The van der Waals surface area contributed by atoms with Crippen LogP contribution in [0.4, 0.5) is 0 Å². The molecule has 0 aliphatic carbocycles. The zero-order valence-electron chi connectivity index (χ0n) is 8.93. The molecule has 0 saturated heterocycles. The monoisotopic (exact) mass is 225 g/mol. The lowest BCUT2D eigenvalue weighted by molar-refractivity contribution is 0.374. The minimum absolute atomic E-state index is 0.860. The van der Waals surface area contributed by atoms with Crippen LogP contribution in [0.1, 0.15) is 12.8 Å². The molecule has 1 aromatic carbocycles. The molecule has 4 heteroatoms. The van der Waals surface area contributed by atoms with Crippen molar-refractivity contribution in [2.45, 2.75) is 12.8 Å². The fourth-order valence-corrected chi connectivity index (χ4v) is 3.81. The van der Waals surface area contributed by atoms with Gasteiger partial charge in [0.05, 0.1) is 0 Å². The maximum Gasteiger partial charge on any atom is 0.262 e. The molecule has 1 aliphatic heterocycles. The molecule has 0 aromatic heterocycles. The first-order valence-electron chi connectivity index (χ1n) is 5.22. The number of nitrogens with zero attached hydrogens (tertiary/aromatic N) is 1. The SMILES string of the molecule is COP1(Oc2ccccc2)=NCCCC1. The third-order valence-electron chi connectivity index (χ3n) is 2.44. The highest BCUT2D eigenvalue weighted by Crippen LogP contribution is 2.53. The largest absolute Gasteiger partial charge is 0.438 e. The average molecular weight is 225 g/mol. The predicted octanol–water partition coefficient (Wildman–Crippen LogP) is 3.54. The van der Waals surface area contributed by atoms with Crippen LogP contribution in [0.15, 0.2) is 35.1 Å². The first-order valence-corrected chi connectivity index (χ1v) is 6.98. The van der Waals surface area contributed by atoms with Crippen LogP contribution in [-0.2, 0) is 4.52 Å². The Labute approximate surface area is 90.6 Å². The molecule has 0 saturated carbocycles. The second-order valence-corrected chi connectivity index (χ2v) is 6.07. The maximum absolute atomic E-state index is 5.91. The summed E-state index contributed by atoms with van der Waals surface area (Å²) in [5, 5.41) is 0. The Morgan fingerprint density at radius 1 is 1.20 bits per heavy atom. The lowest BCUT2D eigenvalue weighted by atomic mass is 10.3. The van der Waals surface area contributed by atoms with Gasteiger partial charge in [-0.1, -0.05) is 18.2 Å². The lowest BCUT2D eigenvalue weighted by Crippen LogP contribution is -2.06. The average Bonchev–Trinajstić information content (AvgIpc) is 2.32. The van der Waals surface area contributed by atoms with Crippen LogP contribution in [-0.4, -0.2) is 19.8 Å². The van der Waals surface area contributed by atoms with E-state index in [-0.39, 0.29) is 0 Å². The molecule has 0 N–H and O–H groups in total. The van der Waals surface area contributed by atoms with Gasteiger partial charge >= 0.3 is 0 Å². The van der Waals surface area contributed by atoms with Crippen LogP contribution in [0.2, 0.25) is 0 Å². The van der Waals surface area contributed by atoms with E-state index in [9.17, 15) is 0 Å². The van der Waals surface area contributed by atoms with Crippen LogP contribution in [0, 0.1) is 0 Å². The second kappa shape index (κ2) is 4.82. The maximum atomic E-state index is 5.91. The van der Waals surface area contributed by atoms with Gasteiger partial charge in [-0.3, -0.25) is 0 Å². The summed E-state index contributed by atoms with van der Waals surface area (Å²) in [6, 6.07) is 9.80. The van der Waals surface area contributed by atoms with Gasteiger partial charge < -0.3 is 9.05 Å². The van der Waals surface area contributed by atoms with Crippen molar-refractivity contribution in [1.29, 1.82) is 0 Å². The van der Waals surface area contributed by atoms with Crippen molar-refractivity contribution < 1.29 is 9.05 Å². The van der Waals surface area contributed by atoms with Gasteiger partial charge in [0, 0.05) is 19.8 Å². The van der Waals surface area contributed by atoms with E-state index >= 15 is 0 Å². The molecule has 1 aromatic rings. The summed E-state index contributed by atoms with van der Waals surface area (Å²) in [4.78, 5) is 0. The summed E-state index contributed by atoms with van der Waals surface area (Å²) in [6.07, 6.45) is 3.25. The Kier molecular flexibility index (Phi) is 3.45. The molecule has 2 rings (SSSR count). The zero-order valence-corrected chi connectivity index (χ0v) is 9.82. The topological polar surface area (TPSA) is 30.8 Å². The van der Waals surface area contributed by atoms with E-state index in [2.05, 4.69) is 4.74 Å². The van der Waals surface area contributed by atoms with Crippen LogP contribution >= 0.6 is 7.51 Å². The van der Waals surface area contributed by atoms with E-state index in [4.69, 9.17) is 9.05 Å². The van der Waals surface area contributed by atoms with Gasteiger partial charge in [0.25, 0.3) is 7.51 Å². The molecule has 1 atom stereocenters. The predicted molar refractivity (Wildman–Crippen MR) is 62.4 cm³/mol. The third kappa shape index (κ3) is 2.61. The van der Waals surface area contributed by atoms with Crippen LogP contribution in [0.3, 0.4) is 0 Å². The summed E-state index contributed by atoms with van der Waals surface area (Å²) in [7, 11) is -0.268. The normalized spacial score (nSPS) is 25.7. The van der Waals surface area contributed by atoms with E-state index in [1.165, 1.54) is 0 Å². The molecular weight excluding hydrogens is 209 g/mol. The summed E-state index contributed by atoms with van der Waals surface area (Å²) in [5.74, 6) is 0.860. The molecule has 0 amide bonds. The number of hydrogen-bond acceptors (Lipinski definition) is 3. The second-order valence-electron chi connectivity index (χ2n) is 3.52. The van der Waals surface area contributed by atoms with Gasteiger partial charge in [-0.05, 0) is 25.0 Å². The van der Waals surface area contributed by atoms with Crippen molar-refractivity contribution in [3.63, 3.8) is 0 Å². The van der Waals surface area contributed by atoms with Crippen LogP contribution in [0.25, 0.3) is 0 Å². The minimum Gasteiger partial charge on any atom is -0.438 e. The summed E-state index contributed by atoms with van der Waals surface area (Å²) in [6.45, 7) is 0.869. The Morgan fingerprint density at radius 3 is 2.60 bits per heavy atom. The van der Waals surface area contributed by atoms with Gasteiger partial charge in [0.15, 0.2) is 0 Å². The summed E-state index contributed by atoms with van der Waals surface area (Å²) < 4.78 is 16.0. The fourth-order valence-electron chi connectivity index (χ4n) is 1.62. The van der Waals surface area contributed by atoms with E-state index in [1.807, 2.05) is 30.3 Å². The number of rotatable bonds is 3. The van der Waals surface area contributed by atoms with Gasteiger partial charge in [-0.15, -0.1) is 0 Å². The van der Waals surface area contributed by atoms with E-state index in [1.54, 1.807) is 7.11 Å². The van der Waals surface area contributed by atoms with Gasteiger partial charge in [-0.2, -0.15) is 0 Å². The Hall–Kier alpha value is -0.790. The Morgan fingerprint density at radius 2 is 2.00 bits per heavy atom. The van der Waals surface area contributed by atoms with Crippen LogP contribution in [0.5, 0.6) is 5.75 Å². The third-order valence-corrected chi connectivity index (χ3v) is 5.02. The number of para-hydroxylation sites is 1. The van der Waals surface area contributed by atoms with Crippen LogP contribution < -0.4 is 4.52 Å². The van der Waals surface area contributed by atoms with Gasteiger partial charge in [0.2, 0.25) is 0 Å². The minimum atomic E-state index is -1.97. The molecule has 0 fully saturated rings. The highest BCUT2D eigenvalue weighted by atomic mass is 31.2. The molecule has 3 nitrogen and oxygen atoms in total. The number of hydrogen-bond donors (Lipinski definition) is 0. The molecule has 1 heterocycles. The fraction of sp³-hybridized carbons (Fsp3) is 0.455. The standard InChI is InChI=1S/C11H16NO2P/c1-13-15(10-6-5-9-12-15)14-11-7-3-2-4-8-11/h2-4,7-8H,5-6,9-10H2,1H3. The number of benzene rings is 1. The summed E-state index contributed by atoms with van der Waals surface area (Å²) >= 11 is 0. The van der Waals surface area contributed by atoms with E-state index in [0.717, 1.165) is 31.3 Å². The molecule has 0 radical (unpaired) electrons. The molecule has 1 aliphatic rings. The summed E-state index contributed by atoms with van der Waals surface area (Å²) in [5.41, 5.74) is 0. The zero-order chi connectivity index (χ0) is 10.6. The molecular formula is C11H16NO2P. The van der Waals surface area contributed by atoms with Gasteiger partial charge in [0.1, 0.15) is 5.75 Å². The van der Waals surface area contributed by atoms with Crippen molar-refractivity contribution in [3.05, 3.63) is 30.3 Å². The first-order chi connectivity index (χ1) is 7.35. The van der Waals surface area contributed by atoms with E-state index < -0.39 is 7.51 Å². The van der Waals surface area contributed by atoms with Gasteiger partial charge in [-0.25, -0.2) is 4.74 Å². The van der Waals surface area contributed by atoms with Crippen molar-refractivity contribution in [1.82, 2.24) is 0 Å². The molecule has 15 heavy (non-hydrogen) atoms. The highest BCUT2D eigenvalue weighted by Gasteiger charge is 2.23. The lowest BCUT2D eigenvalue weighted by Gasteiger charge is -2.26. The van der Waals surface area contributed by atoms with Crippen molar-refractivity contribution in [2.75, 3.05) is 19.8 Å². The van der Waals surface area contributed by atoms with Crippen molar-refractivity contribution in [3.8, 4) is 5.75 Å². The first kappa shape index (κ1) is 10.7. The smallest absolute Gasteiger partial charge is 0.262 e. The molecule has 82 valence electrons. The Balaban J connectivity index is 2.18. The van der Waals surface area contributed by atoms with Crippen molar-refractivity contribution >= 4 is 7.51 Å². The molecule has 1 unspecified atom stereocenters. The quantitative estimate of drug-likeness (QED) is 0.736.